The Morgan fingerprint density at radius 2 is 2.31 bits per heavy atom. The van der Waals surface area contributed by atoms with Crippen LogP contribution >= 0.6 is 11.6 Å². The van der Waals surface area contributed by atoms with Gasteiger partial charge in [0.25, 0.3) is 0 Å². The molecule has 1 unspecified atom stereocenters. The van der Waals surface area contributed by atoms with Crippen LogP contribution < -0.4 is 4.74 Å². The summed E-state index contributed by atoms with van der Waals surface area (Å²) in [5, 5.41) is 20.3. The van der Waals surface area contributed by atoms with E-state index in [-0.39, 0.29) is 18.0 Å². The third kappa shape index (κ3) is 3.36. The zero-order valence-electron chi connectivity index (χ0n) is 8.72. The van der Waals surface area contributed by atoms with Crippen LogP contribution in [0.5, 0.6) is 5.75 Å². The number of nitrogens with zero attached hydrogens (tertiary/aromatic N) is 1. The van der Waals surface area contributed by atoms with Gasteiger partial charge in [0.2, 0.25) is 0 Å². The van der Waals surface area contributed by atoms with Crippen molar-refractivity contribution in [2.24, 2.45) is 0 Å². The van der Waals surface area contributed by atoms with Gasteiger partial charge in [0.1, 0.15) is 6.61 Å². The molecule has 1 N–H and O–H groups in total. The van der Waals surface area contributed by atoms with E-state index < -0.39 is 11.0 Å². The lowest BCUT2D eigenvalue weighted by molar-refractivity contribution is -0.385. The smallest absolute Gasteiger partial charge is 0.311 e. The summed E-state index contributed by atoms with van der Waals surface area (Å²) < 4.78 is 5.16. The second-order valence-corrected chi connectivity index (χ2v) is 3.68. The van der Waals surface area contributed by atoms with Gasteiger partial charge in [0, 0.05) is 17.2 Å². The number of nitro groups is 1. The molecule has 6 heteroatoms. The third-order valence-electron chi connectivity index (χ3n) is 2.02. The Hall–Kier alpha value is -1.33. The van der Waals surface area contributed by atoms with E-state index in [1.54, 1.807) is 6.92 Å². The summed E-state index contributed by atoms with van der Waals surface area (Å²) in [6.07, 6.45) is -0.118. The third-order valence-corrected chi connectivity index (χ3v) is 2.26. The van der Waals surface area contributed by atoms with E-state index in [4.69, 9.17) is 16.3 Å². The van der Waals surface area contributed by atoms with Gasteiger partial charge < -0.3 is 9.84 Å². The van der Waals surface area contributed by atoms with Crippen LogP contribution in [0.2, 0.25) is 5.02 Å². The molecule has 1 rings (SSSR count). The second-order valence-electron chi connectivity index (χ2n) is 3.24. The number of halogens is 1. The predicted octanol–water partition coefficient (Wildman–Crippen LogP) is 2.40. The molecule has 0 aliphatic rings. The summed E-state index contributed by atoms with van der Waals surface area (Å²) in [6.45, 7) is 1.80. The van der Waals surface area contributed by atoms with Crippen molar-refractivity contribution in [3.8, 4) is 5.75 Å². The minimum absolute atomic E-state index is 0.0116. The van der Waals surface area contributed by atoms with E-state index in [1.165, 1.54) is 18.2 Å². The van der Waals surface area contributed by atoms with Crippen LogP contribution in [-0.2, 0) is 0 Å². The number of benzene rings is 1. The average molecular weight is 246 g/mol. The molecule has 0 spiro atoms. The number of ether oxygens (including phenoxy) is 1. The minimum Gasteiger partial charge on any atom is -0.484 e. The van der Waals surface area contributed by atoms with Gasteiger partial charge in [-0.1, -0.05) is 18.5 Å². The van der Waals surface area contributed by atoms with Crippen molar-refractivity contribution < 1.29 is 14.8 Å². The van der Waals surface area contributed by atoms with Gasteiger partial charge in [-0.05, 0) is 12.5 Å². The Morgan fingerprint density at radius 3 is 2.88 bits per heavy atom. The van der Waals surface area contributed by atoms with Crippen LogP contribution in [0.15, 0.2) is 18.2 Å². The van der Waals surface area contributed by atoms with E-state index in [0.29, 0.717) is 11.4 Å². The molecule has 0 aromatic heterocycles. The maximum absolute atomic E-state index is 10.7. The fourth-order valence-corrected chi connectivity index (χ4v) is 1.22. The second kappa shape index (κ2) is 5.67. The van der Waals surface area contributed by atoms with Gasteiger partial charge >= 0.3 is 5.69 Å². The molecular weight excluding hydrogens is 234 g/mol. The fraction of sp³-hybridized carbons (Fsp3) is 0.400. The number of hydrogen-bond donors (Lipinski definition) is 1. The molecule has 0 saturated carbocycles. The highest BCUT2D eigenvalue weighted by molar-refractivity contribution is 6.30. The molecule has 16 heavy (non-hydrogen) atoms. The van der Waals surface area contributed by atoms with Crippen molar-refractivity contribution in [1.82, 2.24) is 0 Å². The lowest BCUT2D eigenvalue weighted by Gasteiger charge is -2.10. The van der Waals surface area contributed by atoms with E-state index in [0.717, 1.165) is 0 Å². The monoisotopic (exact) mass is 245 g/mol. The topological polar surface area (TPSA) is 72.6 Å². The molecule has 1 aromatic rings. The van der Waals surface area contributed by atoms with Crippen LogP contribution in [0.4, 0.5) is 5.69 Å². The molecular formula is C10H12ClNO4. The van der Waals surface area contributed by atoms with Crippen LogP contribution in [0.3, 0.4) is 0 Å². The highest BCUT2D eigenvalue weighted by Crippen LogP contribution is 2.29. The van der Waals surface area contributed by atoms with Gasteiger partial charge in [-0.3, -0.25) is 10.1 Å². The van der Waals surface area contributed by atoms with E-state index in [2.05, 4.69) is 0 Å². The summed E-state index contributed by atoms with van der Waals surface area (Å²) in [5.74, 6) is 0.0741. The lowest BCUT2D eigenvalue weighted by Crippen LogP contribution is -2.16. The van der Waals surface area contributed by atoms with Crippen LogP contribution in [0.1, 0.15) is 13.3 Å². The molecule has 88 valence electrons. The molecule has 5 nitrogen and oxygen atoms in total. The Labute approximate surface area is 97.8 Å². The van der Waals surface area contributed by atoms with Crippen LogP contribution in [0.25, 0.3) is 0 Å². The number of aliphatic hydroxyl groups is 1. The number of nitro benzene ring substituents is 1. The van der Waals surface area contributed by atoms with Crippen molar-refractivity contribution in [3.63, 3.8) is 0 Å². The van der Waals surface area contributed by atoms with Crippen LogP contribution in [-0.4, -0.2) is 22.7 Å². The summed E-state index contributed by atoms with van der Waals surface area (Å²) in [7, 11) is 0. The lowest BCUT2D eigenvalue weighted by atomic mass is 10.3. The predicted molar refractivity (Wildman–Crippen MR) is 59.9 cm³/mol. The molecule has 1 aromatic carbocycles. The van der Waals surface area contributed by atoms with E-state index in [9.17, 15) is 15.2 Å². The minimum atomic E-state index is -0.640. The Kier molecular flexibility index (Phi) is 4.52. The molecule has 0 fully saturated rings. The van der Waals surface area contributed by atoms with Gasteiger partial charge in [-0.2, -0.15) is 0 Å². The first-order valence-electron chi connectivity index (χ1n) is 4.79. The number of aliphatic hydroxyl groups excluding tert-OH is 1. The average Bonchev–Trinajstić information content (AvgIpc) is 2.25. The molecule has 1 atom stereocenters. The van der Waals surface area contributed by atoms with Crippen molar-refractivity contribution >= 4 is 17.3 Å². The van der Waals surface area contributed by atoms with Gasteiger partial charge in [-0.15, -0.1) is 0 Å². The largest absolute Gasteiger partial charge is 0.484 e. The SMILES string of the molecule is CCC(O)COc1cc(Cl)ccc1[N+](=O)[O-]. The molecule has 0 amide bonds. The van der Waals surface area contributed by atoms with Crippen molar-refractivity contribution in [2.45, 2.75) is 19.4 Å². The first-order chi connectivity index (χ1) is 7.54. The summed E-state index contributed by atoms with van der Waals surface area (Å²) in [5.41, 5.74) is -0.160. The molecule has 0 bridgehead atoms. The molecule has 0 aliphatic carbocycles. The van der Waals surface area contributed by atoms with E-state index in [1.807, 2.05) is 0 Å². The zero-order chi connectivity index (χ0) is 12.1. The first-order valence-corrected chi connectivity index (χ1v) is 5.17. The summed E-state index contributed by atoms with van der Waals surface area (Å²) in [4.78, 5) is 10.1. The normalized spacial score (nSPS) is 12.2. The highest BCUT2D eigenvalue weighted by Gasteiger charge is 2.16. The van der Waals surface area contributed by atoms with Crippen molar-refractivity contribution in [2.75, 3.05) is 6.61 Å². The molecule has 0 aliphatic heterocycles. The summed E-state index contributed by atoms with van der Waals surface area (Å²) in [6, 6.07) is 4.06. The highest BCUT2D eigenvalue weighted by atomic mass is 35.5. The molecule has 0 heterocycles. The zero-order valence-corrected chi connectivity index (χ0v) is 9.48. The first kappa shape index (κ1) is 12.7. The fourth-order valence-electron chi connectivity index (χ4n) is 1.06. The standard InChI is InChI=1S/C10H12ClNO4/c1-2-8(13)6-16-10-5-7(11)3-4-9(10)12(14)15/h3-5,8,13H,2,6H2,1H3. The van der Waals surface area contributed by atoms with E-state index >= 15 is 0 Å². The molecule has 0 radical (unpaired) electrons. The summed E-state index contributed by atoms with van der Waals surface area (Å²) >= 11 is 5.71. The number of hydrogen-bond acceptors (Lipinski definition) is 4. The maximum Gasteiger partial charge on any atom is 0.311 e. The van der Waals surface area contributed by atoms with Crippen LogP contribution in [0, 0.1) is 10.1 Å². The van der Waals surface area contributed by atoms with Crippen molar-refractivity contribution in [1.29, 1.82) is 0 Å². The quantitative estimate of drug-likeness (QED) is 0.639. The number of rotatable bonds is 5. The Balaban J connectivity index is 2.84. The van der Waals surface area contributed by atoms with Gasteiger partial charge in [0.15, 0.2) is 5.75 Å². The Bertz CT molecular complexity index is 383. The Morgan fingerprint density at radius 1 is 1.62 bits per heavy atom. The molecule has 0 saturated heterocycles. The maximum atomic E-state index is 10.7. The van der Waals surface area contributed by atoms with Gasteiger partial charge in [0.05, 0.1) is 11.0 Å². The van der Waals surface area contributed by atoms with Crippen molar-refractivity contribution in [3.05, 3.63) is 33.3 Å². The van der Waals surface area contributed by atoms with Gasteiger partial charge in [-0.25, -0.2) is 0 Å².